The number of amides is 2. The zero-order valence-electron chi connectivity index (χ0n) is 16.4. The fourth-order valence-corrected chi connectivity index (χ4v) is 3.11. The Kier molecular flexibility index (Phi) is 6.24. The first-order valence-electron chi connectivity index (χ1n) is 9.35. The normalized spacial score (nSPS) is 11.5. The molecule has 3 aromatic rings. The van der Waals surface area contributed by atoms with Gasteiger partial charge in [0.25, 0.3) is 5.69 Å². The molecule has 6 heteroatoms. The molecule has 3 aromatic carbocycles. The van der Waals surface area contributed by atoms with Crippen LogP contribution in [0.4, 0.5) is 16.2 Å². The van der Waals surface area contributed by atoms with Crippen molar-refractivity contribution >= 4 is 17.4 Å². The van der Waals surface area contributed by atoms with Gasteiger partial charge < -0.3 is 10.2 Å². The summed E-state index contributed by atoms with van der Waals surface area (Å²) in [6.07, 6.45) is 0.710. The minimum atomic E-state index is -0.434. The number of anilines is 1. The van der Waals surface area contributed by atoms with Gasteiger partial charge in [0.15, 0.2) is 0 Å². The summed E-state index contributed by atoms with van der Waals surface area (Å²) in [5, 5.41) is 14.0. The molecule has 1 atom stereocenters. The Hall–Kier alpha value is -3.67. The zero-order valence-corrected chi connectivity index (χ0v) is 16.4. The fraction of sp³-hybridized carbons (Fsp3) is 0.174. The number of hydrogen-bond donors (Lipinski definition) is 1. The summed E-state index contributed by atoms with van der Waals surface area (Å²) in [6.45, 7) is 1.84. The molecule has 29 heavy (non-hydrogen) atoms. The number of hydrogen-bond acceptors (Lipinski definition) is 3. The third kappa shape index (κ3) is 4.99. The van der Waals surface area contributed by atoms with E-state index in [1.54, 1.807) is 24.1 Å². The average Bonchev–Trinajstić information content (AvgIpc) is 2.74. The molecule has 0 bridgehead atoms. The van der Waals surface area contributed by atoms with E-state index in [1.165, 1.54) is 12.1 Å². The van der Waals surface area contributed by atoms with Crippen molar-refractivity contribution in [2.45, 2.75) is 19.4 Å². The van der Waals surface area contributed by atoms with Gasteiger partial charge in [-0.05, 0) is 36.1 Å². The Morgan fingerprint density at radius 2 is 1.72 bits per heavy atom. The van der Waals surface area contributed by atoms with Crippen molar-refractivity contribution in [3.8, 4) is 0 Å². The molecule has 0 saturated heterocycles. The molecule has 6 nitrogen and oxygen atoms in total. The van der Waals surface area contributed by atoms with Gasteiger partial charge in [-0.2, -0.15) is 0 Å². The number of carbonyl (C=O) groups excluding carboxylic acids is 1. The van der Waals surface area contributed by atoms with Crippen LogP contribution in [0.15, 0.2) is 78.9 Å². The van der Waals surface area contributed by atoms with Crippen LogP contribution < -0.4 is 5.32 Å². The highest BCUT2D eigenvalue weighted by Gasteiger charge is 2.20. The van der Waals surface area contributed by atoms with Gasteiger partial charge in [0.1, 0.15) is 0 Å². The molecule has 0 heterocycles. The summed E-state index contributed by atoms with van der Waals surface area (Å²) >= 11 is 0. The van der Waals surface area contributed by atoms with E-state index in [9.17, 15) is 14.9 Å². The van der Waals surface area contributed by atoms with Crippen LogP contribution in [0.2, 0.25) is 0 Å². The van der Waals surface area contributed by atoms with Crippen LogP contribution >= 0.6 is 0 Å². The van der Waals surface area contributed by atoms with Gasteiger partial charge >= 0.3 is 6.03 Å². The lowest BCUT2D eigenvalue weighted by Crippen LogP contribution is -2.33. The minimum Gasteiger partial charge on any atom is -0.321 e. The van der Waals surface area contributed by atoms with Crippen molar-refractivity contribution in [3.63, 3.8) is 0 Å². The number of benzene rings is 3. The first-order valence-corrected chi connectivity index (χ1v) is 9.35. The summed E-state index contributed by atoms with van der Waals surface area (Å²) in [7, 11) is 1.68. The molecule has 0 aliphatic carbocycles. The van der Waals surface area contributed by atoms with Crippen LogP contribution in [-0.4, -0.2) is 22.9 Å². The third-order valence-corrected chi connectivity index (χ3v) is 4.96. The van der Waals surface area contributed by atoms with Crippen molar-refractivity contribution in [2.24, 2.45) is 0 Å². The van der Waals surface area contributed by atoms with E-state index in [0.717, 1.165) is 16.8 Å². The highest BCUT2D eigenvalue weighted by atomic mass is 16.6. The average molecular weight is 389 g/mol. The molecule has 2 amide bonds. The van der Waals surface area contributed by atoms with Crippen molar-refractivity contribution in [1.29, 1.82) is 0 Å². The van der Waals surface area contributed by atoms with E-state index in [1.807, 2.05) is 49.4 Å². The molecule has 1 N–H and O–H groups in total. The van der Waals surface area contributed by atoms with Crippen molar-refractivity contribution < 1.29 is 9.72 Å². The Morgan fingerprint density at radius 1 is 1.03 bits per heavy atom. The summed E-state index contributed by atoms with van der Waals surface area (Å²) in [5.41, 5.74) is 3.64. The number of nitrogens with one attached hydrogen (secondary N) is 1. The molecule has 0 aliphatic heterocycles. The number of carbonyl (C=O) groups is 1. The second-order valence-electron chi connectivity index (χ2n) is 6.89. The lowest BCUT2D eigenvalue weighted by atomic mass is 10.0. The summed E-state index contributed by atoms with van der Waals surface area (Å²) in [5.74, 6) is 0. The van der Waals surface area contributed by atoms with E-state index >= 15 is 0 Å². The SMILES string of the molecule is CC(c1cccc([N+](=O)[O-])c1)N(C)C(=O)Nc1ccccc1Cc1ccccc1. The molecule has 148 valence electrons. The molecular formula is C23H23N3O3. The quantitative estimate of drug-likeness (QED) is 0.452. The van der Waals surface area contributed by atoms with Crippen molar-refractivity contribution in [2.75, 3.05) is 12.4 Å². The van der Waals surface area contributed by atoms with Gasteiger partial charge in [0, 0.05) is 24.9 Å². The Balaban J connectivity index is 1.74. The van der Waals surface area contributed by atoms with Crippen molar-refractivity contribution in [1.82, 2.24) is 4.90 Å². The lowest BCUT2D eigenvalue weighted by Gasteiger charge is -2.26. The fourth-order valence-electron chi connectivity index (χ4n) is 3.11. The molecule has 0 spiro atoms. The van der Waals surface area contributed by atoms with Crippen LogP contribution in [0.5, 0.6) is 0 Å². The summed E-state index contributed by atoms with van der Waals surface area (Å²) in [6, 6.07) is 23.5. The summed E-state index contributed by atoms with van der Waals surface area (Å²) in [4.78, 5) is 25.0. The van der Waals surface area contributed by atoms with E-state index in [4.69, 9.17) is 0 Å². The van der Waals surface area contributed by atoms with Gasteiger partial charge in [-0.3, -0.25) is 10.1 Å². The predicted octanol–water partition coefficient (Wildman–Crippen LogP) is 5.41. The van der Waals surface area contributed by atoms with Crippen LogP contribution in [0.3, 0.4) is 0 Å². The van der Waals surface area contributed by atoms with Gasteiger partial charge in [-0.25, -0.2) is 4.79 Å². The maximum Gasteiger partial charge on any atom is 0.322 e. The molecular weight excluding hydrogens is 366 g/mol. The Bertz CT molecular complexity index is 1010. The predicted molar refractivity (Wildman–Crippen MR) is 114 cm³/mol. The lowest BCUT2D eigenvalue weighted by molar-refractivity contribution is -0.384. The van der Waals surface area contributed by atoms with E-state index in [-0.39, 0.29) is 17.8 Å². The Morgan fingerprint density at radius 3 is 2.45 bits per heavy atom. The van der Waals surface area contributed by atoms with Gasteiger partial charge in [-0.15, -0.1) is 0 Å². The van der Waals surface area contributed by atoms with Crippen LogP contribution in [0.1, 0.15) is 29.7 Å². The second-order valence-corrected chi connectivity index (χ2v) is 6.89. The molecule has 0 fully saturated rings. The van der Waals surface area contributed by atoms with Gasteiger partial charge in [-0.1, -0.05) is 60.7 Å². The van der Waals surface area contributed by atoms with E-state index in [0.29, 0.717) is 12.0 Å². The van der Waals surface area contributed by atoms with Crippen molar-refractivity contribution in [3.05, 3.63) is 106 Å². The highest BCUT2D eigenvalue weighted by molar-refractivity contribution is 5.90. The third-order valence-electron chi connectivity index (χ3n) is 4.96. The largest absolute Gasteiger partial charge is 0.322 e. The molecule has 1 unspecified atom stereocenters. The monoisotopic (exact) mass is 389 g/mol. The molecule has 0 saturated carbocycles. The number of nitro groups is 1. The number of nitrogens with zero attached hydrogens (tertiary/aromatic N) is 2. The highest BCUT2D eigenvalue weighted by Crippen LogP contribution is 2.25. The Labute approximate surface area is 169 Å². The van der Waals surface area contributed by atoms with Gasteiger partial charge in [0.2, 0.25) is 0 Å². The zero-order chi connectivity index (χ0) is 20.8. The topological polar surface area (TPSA) is 75.5 Å². The smallest absolute Gasteiger partial charge is 0.321 e. The maximum atomic E-state index is 12.8. The number of urea groups is 1. The van der Waals surface area contributed by atoms with E-state index < -0.39 is 4.92 Å². The molecule has 3 rings (SSSR count). The van der Waals surface area contributed by atoms with Crippen LogP contribution in [0, 0.1) is 10.1 Å². The number of nitro benzene ring substituents is 1. The maximum absolute atomic E-state index is 12.8. The van der Waals surface area contributed by atoms with Crippen LogP contribution in [-0.2, 0) is 6.42 Å². The van der Waals surface area contributed by atoms with E-state index in [2.05, 4.69) is 17.4 Å². The molecule has 0 aliphatic rings. The minimum absolute atomic E-state index is 0.0105. The molecule has 0 aromatic heterocycles. The first-order chi connectivity index (χ1) is 14.0. The second kappa shape index (κ2) is 9.01. The van der Waals surface area contributed by atoms with Crippen LogP contribution in [0.25, 0.3) is 0 Å². The summed E-state index contributed by atoms with van der Waals surface area (Å²) < 4.78 is 0. The number of rotatable bonds is 6. The number of para-hydroxylation sites is 1. The number of non-ortho nitro benzene ring substituents is 1. The standard InChI is InChI=1S/C23H23N3O3/c1-17(19-12-8-13-21(16-19)26(28)29)25(2)23(27)24-22-14-7-6-11-20(22)15-18-9-4-3-5-10-18/h3-14,16-17H,15H2,1-2H3,(H,24,27). The van der Waals surface area contributed by atoms with Gasteiger partial charge in [0.05, 0.1) is 11.0 Å². The first kappa shape index (κ1) is 20.1. The molecule has 0 radical (unpaired) electrons.